The fourth-order valence-electron chi connectivity index (χ4n) is 1.92. The van der Waals surface area contributed by atoms with Gasteiger partial charge in [0.25, 0.3) is 0 Å². The summed E-state index contributed by atoms with van der Waals surface area (Å²) in [7, 11) is 0. The van der Waals surface area contributed by atoms with E-state index < -0.39 is 5.97 Å². The largest absolute Gasteiger partial charge is 0.458 e. The monoisotopic (exact) mass is 288 g/mol. The molecule has 0 N–H and O–H groups in total. The zero-order chi connectivity index (χ0) is 15.7. The predicted molar refractivity (Wildman–Crippen MR) is 80.0 cm³/mol. The molecule has 0 radical (unpaired) electrons. The summed E-state index contributed by atoms with van der Waals surface area (Å²) < 4.78 is 5.18. The van der Waals surface area contributed by atoms with Crippen LogP contribution in [0.1, 0.15) is 36.5 Å². The molecular weight excluding hydrogens is 268 g/mol. The van der Waals surface area contributed by atoms with Gasteiger partial charge in [-0.3, -0.25) is 0 Å². The summed E-state index contributed by atoms with van der Waals surface area (Å²) in [5.41, 5.74) is 1.13. The first-order valence-electron chi connectivity index (χ1n) is 6.87. The maximum absolute atomic E-state index is 11.8. The van der Waals surface area contributed by atoms with E-state index in [4.69, 9.17) is 4.74 Å². The van der Waals surface area contributed by atoms with Crippen LogP contribution in [0.2, 0.25) is 0 Å². The van der Waals surface area contributed by atoms with Gasteiger partial charge < -0.3 is 14.3 Å². The second kappa shape index (κ2) is 8.84. The molecule has 1 atom stereocenters. The molecule has 0 saturated carbocycles. The van der Waals surface area contributed by atoms with Crippen LogP contribution in [0.4, 0.5) is 0 Å². The fourth-order valence-corrected chi connectivity index (χ4v) is 1.92. The van der Waals surface area contributed by atoms with E-state index in [9.17, 15) is 14.4 Å². The molecule has 0 aliphatic rings. The molecule has 0 spiro atoms. The van der Waals surface area contributed by atoms with Crippen molar-refractivity contribution in [1.82, 2.24) is 0 Å². The number of hydrogen-bond donors (Lipinski definition) is 0. The number of rotatable bonds is 9. The quantitative estimate of drug-likeness (QED) is 0.398. The van der Waals surface area contributed by atoms with E-state index >= 15 is 0 Å². The van der Waals surface area contributed by atoms with Crippen LogP contribution in [0.3, 0.4) is 0 Å². The molecule has 4 heteroatoms. The molecule has 0 saturated heterocycles. The van der Waals surface area contributed by atoms with Gasteiger partial charge in [0, 0.05) is 12.8 Å². The maximum Gasteiger partial charge on any atom is 0.338 e. The Hall–Kier alpha value is -2.23. The summed E-state index contributed by atoms with van der Waals surface area (Å²) in [6.07, 6.45) is 2.03. The van der Waals surface area contributed by atoms with Crippen molar-refractivity contribution < 1.29 is 19.1 Å². The van der Waals surface area contributed by atoms with Gasteiger partial charge in [-0.15, -0.1) is 0 Å². The van der Waals surface area contributed by atoms with Gasteiger partial charge in [-0.1, -0.05) is 24.8 Å². The molecule has 0 unspecified atom stereocenters. The molecule has 0 amide bonds. The van der Waals surface area contributed by atoms with Crippen molar-refractivity contribution >= 4 is 18.0 Å². The highest BCUT2D eigenvalue weighted by molar-refractivity contribution is 5.89. The number of hydrogen-bond acceptors (Lipinski definition) is 4. The SMILES string of the molecule is C=C(COC(=O)c1ccccc1)[C@@H](CC=O)CCC(C)=O. The summed E-state index contributed by atoms with van der Waals surface area (Å²) in [5, 5.41) is 0. The molecule has 4 nitrogen and oxygen atoms in total. The molecule has 0 aliphatic carbocycles. The molecule has 0 heterocycles. The van der Waals surface area contributed by atoms with Crippen LogP contribution in [-0.2, 0) is 14.3 Å². The minimum Gasteiger partial charge on any atom is -0.458 e. The van der Waals surface area contributed by atoms with E-state index in [0.717, 1.165) is 6.29 Å². The minimum atomic E-state index is -0.423. The summed E-state index contributed by atoms with van der Waals surface area (Å²) in [5.74, 6) is -0.483. The predicted octanol–water partition coefficient (Wildman–Crippen LogP) is 2.97. The summed E-state index contributed by atoms with van der Waals surface area (Å²) in [6.45, 7) is 5.44. The van der Waals surface area contributed by atoms with E-state index in [0.29, 0.717) is 24.0 Å². The number of carbonyl (C=O) groups is 3. The lowest BCUT2D eigenvalue weighted by Gasteiger charge is -2.16. The molecule has 112 valence electrons. The van der Waals surface area contributed by atoms with Crippen LogP contribution >= 0.6 is 0 Å². The van der Waals surface area contributed by atoms with E-state index in [2.05, 4.69) is 6.58 Å². The van der Waals surface area contributed by atoms with Crippen molar-refractivity contribution in [3.63, 3.8) is 0 Å². The first-order chi connectivity index (χ1) is 10.0. The maximum atomic E-state index is 11.8. The van der Waals surface area contributed by atoms with Crippen LogP contribution < -0.4 is 0 Å². The van der Waals surface area contributed by atoms with Gasteiger partial charge in [0.15, 0.2) is 0 Å². The van der Waals surface area contributed by atoms with Gasteiger partial charge in [0.05, 0.1) is 5.56 Å². The molecule has 0 aliphatic heterocycles. The molecule has 1 aromatic carbocycles. The van der Waals surface area contributed by atoms with Gasteiger partial charge in [-0.05, 0) is 37.0 Å². The second-order valence-corrected chi connectivity index (χ2v) is 4.94. The van der Waals surface area contributed by atoms with E-state index in [1.807, 2.05) is 6.07 Å². The smallest absolute Gasteiger partial charge is 0.338 e. The highest BCUT2D eigenvalue weighted by atomic mass is 16.5. The van der Waals surface area contributed by atoms with Gasteiger partial charge in [0.1, 0.15) is 18.7 Å². The molecule has 0 fully saturated rings. The Bertz CT molecular complexity index is 505. The van der Waals surface area contributed by atoms with Crippen molar-refractivity contribution in [2.45, 2.75) is 26.2 Å². The van der Waals surface area contributed by atoms with E-state index in [-0.39, 0.29) is 24.7 Å². The third kappa shape index (κ3) is 6.17. The van der Waals surface area contributed by atoms with Gasteiger partial charge >= 0.3 is 5.97 Å². The Kier molecular flexibility index (Phi) is 7.09. The first kappa shape index (κ1) is 16.8. The number of Topliss-reactive ketones (excluding diaryl/α,β-unsaturated/α-hetero) is 1. The molecule has 0 aromatic heterocycles. The summed E-state index contributed by atoms with van der Waals surface area (Å²) in [6, 6.07) is 8.67. The van der Waals surface area contributed by atoms with Crippen molar-refractivity contribution in [3.8, 4) is 0 Å². The third-order valence-corrected chi connectivity index (χ3v) is 3.20. The topological polar surface area (TPSA) is 60.4 Å². The van der Waals surface area contributed by atoms with Crippen molar-refractivity contribution in [3.05, 3.63) is 48.0 Å². The Balaban J connectivity index is 2.51. The average molecular weight is 288 g/mol. The molecule has 1 rings (SSSR count). The van der Waals surface area contributed by atoms with Crippen LogP contribution in [0.25, 0.3) is 0 Å². The Morgan fingerprint density at radius 1 is 1.29 bits per heavy atom. The number of ketones is 1. The number of esters is 1. The van der Waals surface area contributed by atoms with Gasteiger partial charge in [-0.25, -0.2) is 4.79 Å². The van der Waals surface area contributed by atoms with Crippen molar-refractivity contribution in [1.29, 1.82) is 0 Å². The van der Waals surface area contributed by atoms with Crippen LogP contribution in [-0.4, -0.2) is 24.6 Å². The highest BCUT2D eigenvalue weighted by Gasteiger charge is 2.15. The zero-order valence-electron chi connectivity index (χ0n) is 12.2. The van der Waals surface area contributed by atoms with Crippen molar-refractivity contribution in [2.24, 2.45) is 5.92 Å². The van der Waals surface area contributed by atoms with Crippen molar-refractivity contribution in [2.75, 3.05) is 6.61 Å². The lowest BCUT2D eigenvalue weighted by molar-refractivity contribution is -0.117. The number of carbonyl (C=O) groups excluding carboxylic acids is 3. The van der Waals surface area contributed by atoms with Crippen LogP contribution in [0.5, 0.6) is 0 Å². The summed E-state index contributed by atoms with van der Waals surface area (Å²) >= 11 is 0. The Morgan fingerprint density at radius 2 is 1.95 bits per heavy atom. The lowest BCUT2D eigenvalue weighted by Crippen LogP contribution is -2.14. The highest BCUT2D eigenvalue weighted by Crippen LogP contribution is 2.20. The Morgan fingerprint density at radius 3 is 2.52 bits per heavy atom. The first-order valence-corrected chi connectivity index (χ1v) is 6.87. The van der Waals surface area contributed by atoms with E-state index in [1.54, 1.807) is 24.3 Å². The lowest BCUT2D eigenvalue weighted by atomic mass is 9.92. The number of aldehydes is 1. The molecule has 1 aromatic rings. The molecule has 21 heavy (non-hydrogen) atoms. The van der Waals surface area contributed by atoms with Gasteiger partial charge in [0.2, 0.25) is 0 Å². The number of ether oxygens (including phenoxy) is 1. The van der Waals surface area contributed by atoms with Gasteiger partial charge in [-0.2, -0.15) is 0 Å². The zero-order valence-corrected chi connectivity index (χ0v) is 12.2. The minimum absolute atomic E-state index is 0.0597. The van der Waals surface area contributed by atoms with Crippen LogP contribution in [0.15, 0.2) is 42.5 Å². The normalized spacial score (nSPS) is 11.5. The molecule has 0 bridgehead atoms. The van der Waals surface area contributed by atoms with Crippen LogP contribution in [0, 0.1) is 5.92 Å². The van der Waals surface area contributed by atoms with E-state index in [1.165, 1.54) is 6.92 Å². The Labute approximate surface area is 124 Å². The second-order valence-electron chi connectivity index (χ2n) is 4.94. The number of benzene rings is 1. The molecular formula is C17H20O4. The average Bonchev–Trinajstić information content (AvgIpc) is 2.49. The third-order valence-electron chi connectivity index (χ3n) is 3.20. The fraction of sp³-hybridized carbons (Fsp3) is 0.353. The summed E-state index contributed by atoms with van der Waals surface area (Å²) in [4.78, 5) is 33.5. The standard InChI is InChI=1S/C17H20O4/c1-13(15(10-11-18)9-8-14(2)19)12-21-17(20)16-6-4-3-5-7-16/h3-7,11,15H,1,8-10,12H2,2H3/t15-/m1/s1.